The van der Waals surface area contributed by atoms with Crippen LogP contribution >= 0.6 is 11.3 Å². The van der Waals surface area contributed by atoms with Gasteiger partial charge in [0, 0.05) is 5.38 Å². The van der Waals surface area contributed by atoms with Crippen LogP contribution in [0.5, 0.6) is 0 Å². The van der Waals surface area contributed by atoms with Crippen LogP contribution in [0.15, 0.2) is 29.6 Å². The Bertz CT molecular complexity index is 516. The van der Waals surface area contributed by atoms with E-state index in [1.165, 1.54) is 16.8 Å². The number of hydrogen-bond donors (Lipinski definition) is 1. The number of thiazole rings is 1. The molecule has 0 spiro atoms. The average Bonchev–Trinajstić information content (AvgIpc) is 2.84. The van der Waals surface area contributed by atoms with Gasteiger partial charge in [-0.2, -0.15) is 0 Å². The zero-order valence-corrected chi connectivity index (χ0v) is 13.5. The molecule has 1 unspecified atom stereocenters. The molecule has 0 aliphatic heterocycles. The highest BCUT2D eigenvalue weighted by Crippen LogP contribution is 2.17. The lowest BCUT2D eigenvalue weighted by Crippen LogP contribution is -2.25. The molecule has 0 fully saturated rings. The number of aromatic nitrogens is 1. The van der Waals surface area contributed by atoms with Crippen molar-refractivity contribution in [3.63, 3.8) is 0 Å². The van der Waals surface area contributed by atoms with Crippen LogP contribution in [-0.4, -0.2) is 18.1 Å². The summed E-state index contributed by atoms with van der Waals surface area (Å²) in [6.07, 6.45) is 2.18. The molecule has 0 aliphatic rings. The third-order valence-electron chi connectivity index (χ3n) is 3.49. The van der Waals surface area contributed by atoms with Crippen LogP contribution < -0.4 is 5.32 Å². The number of aryl methyl sites for hydroxylation is 2. The molecular formula is C17H24N2S. The molecule has 1 aromatic carbocycles. The summed E-state index contributed by atoms with van der Waals surface area (Å²) in [4.78, 5) is 4.61. The molecule has 1 heterocycles. The van der Waals surface area contributed by atoms with Gasteiger partial charge < -0.3 is 5.32 Å². The first-order chi connectivity index (χ1) is 9.67. The number of nitrogens with one attached hydrogen (secondary N) is 1. The maximum absolute atomic E-state index is 4.61. The maximum atomic E-state index is 4.61. The van der Waals surface area contributed by atoms with Crippen molar-refractivity contribution in [2.45, 2.75) is 33.6 Å². The van der Waals surface area contributed by atoms with Crippen molar-refractivity contribution in [2.75, 3.05) is 13.1 Å². The lowest BCUT2D eigenvalue weighted by atomic mass is 9.94. The molecule has 1 atom stereocenters. The van der Waals surface area contributed by atoms with Crippen LogP contribution in [0.2, 0.25) is 0 Å². The first-order valence-corrected chi connectivity index (χ1v) is 8.22. The number of rotatable bonds is 7. The van der Waals surface area contributed by atoms with Gasteiger partial charge in [-0.25, -0.2) is 4.98 Å². The molecule has 1 aromatic heterocycles. The van der Waals surface area contributed by atoms with Crippen LogP contribution in [-0.2, 0) is 12.8 Å². The molecule has 0 saturated heterocycles. The van der Waals surface area contributed by atoms with E-state index in [0.717, 1.165) is 30.9 Å². The van der Waals surface area contributed by atoms with Gasteiger partial charge >= 0.3 is 0 Å². The van der Waals surface area contributed by atoms with Gasteiger partial charge in [0.15, 0.2) is 0 Å². The Morgan fingerprint density at radius 2 is 1.90 bits per heavy atom. The number of nitrogens with zero attached hydrogens (tertiary/aromatic N) is 1. The lowest BCUT2D eigenvalue weighted by molar-refractivity contribution is 0.474. The van der Waals surface area contributed by atoms with Crippen molar-refractivity contribution >= 4 is 11.3 Å². The Morgan fingerprint density at radius 3 is 2.50 bits per heavy atom. The minimum atomic E-state index is 0.610. The van der Waals surface area contributed by atoms with Crippen LogP contribution in [0, 0.1) is 19.8 Å². The van der Waals surface area contributed by atoms with Crippen LogP contribution in [0.25, 0.3) is 0 Å². The summed E-state index contributed by atoms with van der Waals surface area (Å²) in [5, 5.41) is 6.84. The minimum absolute atomic E-state index is 0.610. The summed E-state index contributed by atoms with van der Waals surface area (Å²) in [5.41, 5.74) is 3.99. The van der Waals surface area contributed by atoms with Crippen LogP contribution in [0.4, 0.5) is 0 Å². The number of benzene rings is 1. The van der Waals surface area contributed by atoms with Gasteiger partial charge in [0.2, 0.25) is 0 Å². The fourth-order valence-electron chi connectivity index (χ4n) is 2.42. The quantitative estimate of drug-likeness (QED) is 0.839. The van der Waals surface area contributed by atoms with Crippen molar-refractivity contribution in [1.29, 1.82) is 0 Å². The second-order valence-corrected chi connectivity index (χ2v) is 6.49. The highest BCUT2D eigenvalue weighted by molar-refractivity contribution is 7.09. The molecule has 3 heteroatoms. The molecule has 0 saturated carbocycles. The van der Waals surface area contributed by atoms with E-state index < -0.39 is 0 Å². The van der Waals surface area contributed by atoms with E-state index in [9.17, 15) is 0 Å². The molecule has 1 N–H and O–H groups in total. The molecule has 2 nitrogen and oxygen atoms in total. The summed E-state index contributed by atoms with van der Waals surface area (Å²) in [7, 11) is 0. The van der Waals surface area contributed by atoms with Gasteiger partial charge in [-0.3, -0.25) is 0 Å². The molecule has 0 amide bonds. The second kappa shape index (κ2) is 7.55. The van der Waals surface area contributed by atoms with Crippen molar-refractivity contribution in [3.05, 3.63) is 51.5 Å². The maximum Gasteiger partial charge on any atom is 0.0897 e. The second-order valence-electron chi connectivity index (χ2n) is 5.43. The van der Waals surface area contributed by atoms with Crippen LogP contribution in [0.3, 0.4) is 0 Å². The highest BCUT2D eigenvalue weighted by Gasteiger charge is 2.12. The summed E-state index contributed by atoms with van der Waals surface area (Å²) in [6.45, 7) is 8.46. The van der Waals surface area contributed by atoms with E-state index in [2.05, 4.69) is 60.7 Å². The summed E-state index contributed by atoms with van der Waals surface area (Å²) in [5.74, 6) is 0.610. The molecule has 0 aliphatic carbocycles. The van der Waals surface area contributed by atoms with Gasteiger partial charge in [-0.05, 0) is 51.3 Å². The predicted molar refractivity (Wildman–Crippen MR) is 87.5 cm³/mol. The summed E-state index contributed by atoms with van der Waals surface area (Å²) in [6, 6.07) is 8.90. The van der Waals surface area contributed by atoms with Crippen molar-refractivity contribution < 1.29 is 0 Å². The Kier molecular flexibility index (Phi) is 5.74. The Labute approximate surface area is 126 Å². The lowest BCUT2D eigenvalue weighted by Gasteiger charge is -2.16. The SMILES string of the molecule is CCNCC(Cc1ccc(C)cc1)Cc1csc(C)n1. The third-order valence-corrected chi connectivity index (χ3v) is 4.31. The molecule has 2 rings (SSSR count). The van der Waals surface area contributed by atoms with E-state index in [4.69, 9.17) is 0 Å². The van der Waals surface area contributed by atoms with E-state index >= 15 is 0 Å². The van der Waals surface area contributed by atoms with Gasteiger partial charge in [0.25, 0.3) is 0 Å². The van der Waals surface area contributed by atoms with Gasteiger partial charge in [0.05, 0.1) is 10.7 Å². The average molecular weight is 288 g/mol. The van der Waals surface area contributed by atoms with Crippen LogP contribution in [0.1, 0.15) is 28.8 Å². The van der Waals surface area contributed by atoms with Crippen molar-refractivity contribution in [1.82, 2.24) is 10.3 Å². The smallest absolute Gasteiger partial charge is 0.0897 e. The highest BCUT2D eigenvalue weighted by atomic mass is 32.1. The monoisotopic (exact) mass is 288 g/mol. The number of hydrogen-bond acceptors (Lipinski definition) is 3. The Balaban J connectivity index is 2.00. The summed E-state index contributed by atoms with van der Waals surface area (Å²) >= 11 is 1.75. The van der Waals surface area contributed by atoms with Gasteiger partial charge in [0.1, 0.15) is 0 Å². The molecular weight excluding hydrogens is 264 g/mol. The summed E-state index contributed by atoms with van der Waals surface area (Å²) < 4.78 is 0. The Hall–Kier alpha value is -1.19. The van der Waals surface area contributed by atoms with E-state index in [1.54, 1.807) is 11.3 Å². The van der Waals surface area contributed by atoms with Crippen molar-refractivity contribution in [2.24, 2.45) is 5.92 Å². The normalized spacial score (nSPS) is 12.6. The zero-order chi connectivity index (χ0) is 14.4. The minimum Gasteiger partial charge on any atom is -0.317 e. The largest absolute Gasteiger partial charge is 0.317 e. The Morgan fingerprint density at radius 1 is 1.15 bits per heavy atom. The van der Waals surface area contributed by atoms with Gasteiger partial charge in [-0.1, -0.05) is 36.8 Å². The molecule has 108 valence electrons. The van der Waals surface area contributed by atoms with Crippen molar-refractivity contribution in [3.8, 4) is 0 Å². The topological polar surface area (TPSA) is 24.9 Å². The fraction of sp³-hybridized carbons (Fsp3) is 0.471. The zero-order valence-electron chi connectivity index (χ0n) is 12.6. The van der Waals surface area contributed by atoms with E-state index in [1.807, 2.05) is 0 Å². The first kappa shape index (κ1) is 15.2. The standard InChI is InChI=1S/C17H24N2S/c1-4-18-11-16(10-17-12-20-14(3)19-17)9-15-7-5-13(2)6-8-15/h5-8,12,16,18H,4,9-11H2,1-3H3. The fourth-order valence-corrected chi connectivity index (χ4v) is 3.05. The van der Waals surface area contributed by atoms with Gasteiger partial charge in [-0.15, -0.1) is 11.3 Å². The van der Waals surface area contributed by atoms with E-state index in [0.29, 0.717) is 5.92 Å². The van der Waals surface area contributed by atoms with E-state index in [-0.39, 0.29) is 0 Å². The first-order valence-electron chi connectivity index (χ1n) is 7.34. The molecule has 2 aromatic rings. The molecule has 0 radical (unpaired) electrons. The predicted octanol–water partition coefficient (Wildman–Crippen LogP) is 3.77. The molecule has 20 heavy (non-hydrogen) atoms. The molecule has 0 bridgehead atoms. The third kappa shape index (κ3) is 4.73.